The number of cyclic esters (lactones) is 1. The standard InChI is InChI=1S/C19H23FO2/c1-3-13-4-6-14(7-5-13)11-16-9-8-15-10-12(2)22-19(21)17(15)18(16)20/h3,8-9,12-14H,1,4-7,10-11H2,2H3. The molecule has 1 aliphatic heterocycles. The maximum absolute atomic E-state index is 14.7. The Balaban J connectivity index is 1.77. The first-order valence-electron chi connectivity index (χ1n) is 8.22. The molecule has 0 N–H and O–H groups in total. The summed E-state index contributed by atoms with van der Waals surface area (Å²) in [6, 6.07) is 3.76. The van der Waals surface area contributed by atoms with Gasteiger partial charge in [0.2, 0.25) is 0 Å². The molecule has 0 bridgehead atoms. The highest BCUT2D eigenvalue weighted by atomic mass is 19.1. The third kappa shape index (κ3) is 2.94. The van der Waals surface area contributed by atoms with Gasteiger partial charge in [0.1, 0.15) is 11.9 Å². The number of benzene rings is 1. The van der Waals surface area contributed by atoms with Crippen LogP contribution in [0, 0.1) is 17.7 Å². The number of halogens is 1. The molecule has 0 spiro atoms. The van der Waals surface area contributed by atoms with Gasteiger partial charge in [0.05, 0.1) is 5.56 Å². The van der Waals surface area contributed by atoms with E-state index in [-0.39, 0.29) is 17.5 Å². The normalized spacial score (nSPS) is 27.9. The molecule has 22 heavy (non-hydrogen) atoms. The van der Waals surface area contributed by atoms with E-state index in [1.165, 1.54) is 0 Å². The molecule has 118 valence electrons. The highest BCUT2D eigenvalue weighted by Gasteiger charge is 2.29. The van der Waals surface area contributed by atoms with E-state index in [1.54, 1.807) is 0 Å². The summed E-state index contributed by atoms with van der Waals surface area (Å²) >= 11 is 0. The minimum absolute atomic E-state index is 0.162. The topological polar surface area (TPSA) is 26.3 Å². The molecule has 1 heterocycles. The Morgan fingerprint density at radius 1 is 1.32 bits per heavy atom. The molecular weight excluding hydrogens is 279 g/mol. The van der Waals surface area contributed by atoms with Gasteiger partial charge in [0.15, 0.2) is 0 Å². The smallest absolute Gasteiger partial charge is 0.341 e. The van der Waals surface area contributed by atoms with Gasteiger partial charge >= 0.3 is 5.97 Å². The Kier molecular flexibility index (Phi) is 4.32. The minimum Gasteiger partial charge on any atom is -0.459 e. The second-order valence-corrected chi connectivity index (χ2v) is 6.71. The predicted molar refractivity (Wildman–Crippen MR) is 84.3 cm³/mol. The predicted octanol–water partition coefficient (Wildman–Crippen LogP) is 4.46. The second kappa shape index (κ2) is 6.23. The Bertz CT molecular complexity index is 585. The van der Waals surface area contributed by atoms with E-state index < -0.39 is 5.97 Å². The summed E-state index contributed by atoms with van der Waals surface area (Å²) in [4.78, 5) is 12.0. The Morgan fingerprint density at radius 3 is 2.73 bits per heavy atom. The molecule has 2 aliphatic rings. The van der Waals surface area contributed by atoms with Crippen LogP contribution in [0.15, 0.2) is 24.8 Å². The van der Waals surface area contributed by atoms with Crippen molar-refractivity contribution >= 4 is 5.97 Å². The maximum atomic E-state index is 14.7. The fourth-order valence-corrected chi connectivity index (χ4v) is 3.74. The van der Waals surface area contributed by atoms with Gasteiger partial charge in [-0.2, -0.15) is 0 Å². The zero-order chi connectivity index (χ0) is 15.7. The van der Waals surface area contributed by atoms with E-state index in [4.69, 9.17) is 4.74 Å². The van der Waals surface area contributed by atoms with Gasteiger partial charge in [-0.3, -0.25) is 0 Å². The van der Waals surface area contributed by atoms with E-state index >= 15 is 0 Å². The van der Waals surface area contributed by atoms with Crippen molar-refractivity contribution in [3.05, 3.63) is 47.3 Å². The lowest BCUT2D eigenvalue weighted by molar-refractivity contribution is 0.0294. The summed E-state index contributed by atoms with van der Waals surface area (Å²) in [5, 5.41) is 0. The van der Waals surface area contributed by atoms with Crippen LogP contribution in [-0.4, -0.2) is 12.1 Å². The van der Waals surface area contributed by atoms with Crippen LogP contribution in [0.5, 0.6) is 0 Å². The molecule has 0 radical (unpaired) electrons. The van der Waals surface area contributed by atoms with Crippen LogP contribution in [0.4, 0.5) is 4.39 Å². The van der Waals surface area contributed by atoms with E-state index in [9.17, 15) is 9.18 Å². The molecule has 3 heteroatoms. The molecule has 1 fully saturated rings. The van der Waals surface area contributed by atoms with Crippen LogP contribution >= 0.6 is 0 Å². The summed E-state index contributed by atoms with van der Waals surface area (Å²) < 4.78 is 19.9. The van der Waals surface area contributed by atoms with Crippen LogP contribution in [0.2, 0.25) is 0 Å². The summed E-state index contributed by atoms with van der Waals surface area (Å²) in [5.74, 6) is 0.243. The van der Waals surface area contributed by atoms with Gasteiger partial charge in [0, 0.05) is 6.42 Å². The van der Waals surface area contributed by atoms with Crippen molar-refractivity contribution in [1.82, 2.24) is 0 Å². The molecule has 1 unspecified atom stereocenters. The van der Waals surface area contributed by atoms with Gasteiger partial charge in [0.25, 0.3) is 0 Å². The zero-order valence-electron chi connectivity index (χ0n) is 13.1. The van der Waals surface area contributed by atoms with Crippen molar-refractivity contribution in [3.8, 4) is 0 Å². The lowest BCUT2D eigenvalue weighted by Gasteiger charge is -2.27. The first kappa shape index (κ1) is 15.3. The van der Waals surface area contributed by atoms with E-state index in [2.05, 4.69) is 6.58 Å². The van der Waals surface area contributed by atoms with Crippen LogP contribution in [0.3, 0.4) is 0 Å². The zero-order valence-corrected chi connectivity index (χ0v) is 13.1. The SMILES string of the molecule is C=CC1CCC(Cc2ccc3c(c2F)C(=O)OC(C)C3)CC1. The second-order valence-electron chi connectivity index (χ2n) is 6.71. The van der Waals surface area contributed by atoms with Crippen LogP contribution in [-0.2, 0) is 17.6 Å². The van der Waals surface area contributed by atoms with Gasteiger partial charge in [-0.05, 0) is 62.0 Å². The van der Waals surface area contributed by atoms with Crippen molar-refractivity contribution in [2.75, 3.05) is 0 Å². The average Bonchev–Trinajstić information content (AvgIpc) is 2.50. The summed E-state index contributed by atoms with van der Waals surface area (Å²) in [7, 11) is 0. The first-order valence-corrected chi connectivity index (χ1v) is 8.22. The van der Waals surface area contributed by atoms with E-state index in [0.717, 1.165) is 31.2 Å². The number of hydrogen-bond donors (Lipinski definition) is 0. The summed E-state index contributed by atoms with van der Waals surface area (Å²) in [5.41, 5.74) is 1.60. The fourth-order valence-electron chi connectivity index (χ4n) is 3.74. The van der Waals surface area contributed by atoms with Crippen molar-refractivity contribution in [1.29, 1.82) is 0 Å². The molecule has 1 aromatic rings. The monoisotopic (exact) mass is 302 g/mol. The molecule has 2 nitrogen and oxygen atoms in total. The maximum Gasteiger partial charge on any atom is 0.341 e. The largest absolute Gasteiger partial charge is 0.459 e. The van der Waals surface area contributed by atoms with Crippen molar-refractivity contribution in [2.45, 2.75) is 51.6 Å². The van der Waals surface area contributed by atoms with Gasteiger partial charge in [-0.15, -0.1) is 6.58 Å². The van der Waals surface area contributed by atoms with Crippen molar-refractivity contribution in [2.24, 2.45) is 11.8 Å². The molecule has 0 saturated heterocycles. The molecule has 1 saturated carbocycles. The fraction of sp³-hybridized carbons (Fsp3) is 0.526. The number of carbonyl (C=O) groups excluding carboxylic acids is 1. The quantitative estimate of drug-likeness (QED) is 0.608. The number of hydrogen-bond acceptors (Lipinski definition) is 2. The van der Waals surface area contributed by atoms with E-state index in [0.29, 0.717) is 30.2 Å². The lowest BCUT2D eigenvalue weighted by atomic mass is 9.79. The third-order valence-corrected chi connectivity index (χ3v) is 5.06. The summed E-state index contributed by atoms with van der Waals surface area (Å²) in [6.45, 7) is 5.70. The molecule has 1 aromatic carbocycles. The Morgan fingerprint density at radius 2 is 2.05 bits per heavy atom. The van der Waals surface area contributed by atoms with Crippen LogP contribution in [0.1, 0.15) is 54.1 Å². The first-order chi connectivity index (χ1) is 10.6. The molecule has 0 amide bonds. The van der Waals surface area contributed by atoms with Crippen molar-refractivity contribution in [3.63, 3.8) is 0 Å². The van der Waals surface area contributed by atoms with Gasteiger partial charge < -0.3 is 4.74 Å². The number of allylic oxidation sites excluding steroid dienone is 1. The van der Waals surface area contributed by atoms with Crippen LogP contribution in [0.25, 0.3) is 0 Å². The van der Waals surface area contributed by atoms with Gasteiger partial charge in [-0.25, -0.2) is 9.18 Å². The van der Waals surface area contributed by atoms with Crippen molar-refractivity contribution < 1.29 is 13.9 Å². The number of fused-ring (bicyclic) bond motifs is 1. The Labute approximate surface area is 131 Å². The molecule has 0 aromatic heterocycles. The molecule has 1 atom stereocenters. The number of rotatable bonds is 3. The van der Waals surface area contributed by atoms with Crippen LogP contribution < -0.4 is 0 Å². The highest BCUT2D eigenvalue weighted by molar-refractivity contribution is 5.92. The molecular formula is C19H23FO2. The third-order valence-electron chi connectivity index (χ3n) is 5.06. The van der Waals surface area contributed by atoms with E-state index in [1.807, 2.05) is 25.1 Å². The lowest BCUT2D eigenvalue weighted by Crippen LogP contribution is -2.27. The number of esters is 1. The Hall–Kier alpha value is -1.64. The number of carbonyl (C=O) groups is 1. The molecule has 1 aliphatic carbocycles. The average molecular weight is 302 g/mol. The van der Waals surface area contributed by atoms with Gasteiger partial charge in [-0.1, -0.05) is 18.2 Å². The number of ether oxygens (including phenoxy) is 1. The molecule has 3 rings (SSSR count). The minimum atomic E-state index is -0.511. The highest BCUT2D eigenvalue weighted by Crippen LogP contribution is 2.33. The summed E-state index contributed by atoms with van der Waals surface area (Å²) in [6.07, 6.45) is 7.67.